The van der Waals surface area contributed by atoms with E-state index in [2.05, 4.69) is 20.9 Å². The molecule has 0 saturated heterocycles. The largest absolute Gasteiger partial charge is 0.504 e. The average Bonchev–Trinajstić information content (AvgIpc) is 3.10. The monoisotopic (exact) mass is 542 g/mol. The predicted molar refractivity (Wildman–Crippen MR) is 134 cm³/mol. The topological polar surface area (TPSA) is 90.1 Å². The summed E-state index contributed by atoms with van der Waals surface area (Å²) in [6.07, 6.45) is 1.60. The van der Waals surface area contributed by atoms with Crippen molar-refractivity contribution in [3.05, 3.63) is 88.5 Å². The van der Waals surface area contributed by atoms with Crippen molar-refractivity contribution < 1.29 is 19.4 Å². The molecule has 1 atom stereocenters. The van der Waals surface area contributed by atoms with Gasteiger partial charge in [-0.05, 0) is 44.5 Å². The van der Waals surface area contributed by atoms with Crippen LogP contribution in [-0.4, -0.2) is 29.4 Å². The minimum absolute atomic E-state index is 0.0741. The third-order valence-corrected chi connectivity index (χ3v) is 6.93. The van der Waals surface area contributed by atoms with Crippen molar-refractivity contribution in [2.45, 2.75) is 26.8 Å². The number of carbonyl (C=O) groups is 1. The Bertz CT molecular complexity index is 1490. The highest BCUT2D eigenvalue weighted by Crippen LogP contribution is 2.34. The number of rotatable bonds is 5. The van der Waals surface area contributed by atoms with Gasteiger partial charge in [0.25, 0.3) is 5.56 Å². The highest BCUT2D eigenvalue weighted by atomic mass is 79.9. The Labute approximate surface area is 208 Å². The molecular formula is C25H23BrN2O5S. The van der Waals surface area contributed by atoms with E-state index in [-0.39, 0.29) is 23.7 Å². The number of hydrogen-bond acceptors (Lipinski definition) is 7. The van der Waals surface area contributed by atoms with E-state index in [0.717, 1.165) is 11.1 Å². The number of phenols is 1. The van der Waals surface area contributed by atoms with Crippen molar-refractivity contribution in [1.29, 1.82) is 0 Å². The lowest BCUT2D eigenvalue weighted by molar-refractivity contribution is -0.139. The van der Waals surface area contributed by atoms with E-state index in [1.54, 1.807) is 32.1 Å². The molecule has 2 heterocycles. The zero-order valence-corrected chi connectivity index (χ0v) is 21.5. The first-order chi connectivity index (χ1) is 16.2. The summed E-state index contributed by atoms with van der Waals surface area (Å²) in [4.78, 5) is 31.6. The molecule has 0 fully saturated rings. The van der Waals surface area contributed by atoms with Crippen LogP contribution in [0.5, 0.6) is 11.5 Å². The molecule has 0 radical (unpaired) electrons. The van der Waals surface area contributed by atoms with Crippen LogP contribution in [0.4, 0.5) is 0 Å². The molecule has 0 amide bonds. The first-order valence-corrected chi connectivity index (χ1v) is 12.2. The number of aromatic nitrogens is 1. The normalized spacial score (nSPS) is 15.7. The molecule has 0 unspecified atom stereocenters. The number of aryl methyl sites for hydroxylation is 1. The summed E-state index contributed by atoms with van der Waals surface area (Å²) in [7, 11) is 1.46. The highest BCUT2D eigenvalue weighted by molar-refractivity contribution is 9.10. The minimum Gasteiger partial charge on any atom is -0.504 e. The first kappa shape index (κ1) is 24.0. The molecule has 2 aromatic carbocycles. The van der Waals surface area contributed by atoms with Crippen LogP contribution < -0.4 is 19.6 Å². The van der Waals surface area contributed by atoms with E-state index < -0.39 is 12.0 Å². The Morgan fingerprint density at radius 2 is 1.97 bits per heavy atom. The second-order valence-corrected chi connectivity index (χ2v) is 9.68. The van der Waals surface area contributed by atoms with Gasteiger partial charge in [-0.1, -0.05) is 57.1 Å². The van der Waals surface area contributed by atoms with Crippen LogP contribution in [-0.2, 0) is 9.53 Å². The van der Waals surface area contributed by atoms with Crippen LogP contribution in [0.15, 0.2) is 61.9 Å². The molecule has 0 aliphatic carbocycles. The number of carbonyl (C=O) groups excluding carboxylic acids is 1. The summed E-state index contributed by atoms with van der Waals surface area (Å²) < 4.78 is 13.1. The molecule has 0 saturated carbocycles. The number of thiazole rings is 1. The standard InChI is InChI=1S/C25H23BrN2O5S/c1-5-33-24(31)20-14(3)27-25-28(21(20)15-8-6-13(2)7-9-15)23(30)19(34-25)11-16-10-17(26)12-18(32-4)22(16)29/h6-12,21,29H,5H2,1-4H3/b19-11+/t21-/m0/s1. The molecule has 7 nitrogen and oxygen atoms in total. The molecule has 0 spiro atoms. The van der Waals surface area contributed by atoms with Gasteiger partial charge in [0.2, 0.25) is 0 Å². The van der Waals surface area contributed by atoms with Gasteiger partial charge in [0.05, 0.1) is 35.6 Å². The molecule has 4 rings (SSSR count). The quantitative estimate of drug-likeness (QED) is 0.497. The summed E-state index contributed by atoms with van der Waals surface area (Å²) in [5.41, 5.74) is 2.78. The molecule has 34 heavy (non-hydrogen) atoms. The zero-order chi connectivity index (χ0) is 24.6. The van der Waals surface area contributed by atoms with E-state index >= 15 is 0 Å². The number of nitrogens with zero attached hydrogens (tertiary/aromatic N) is 2. The molecule has 1 aliphatic rings. The van der Waals surface area contributed by atoms with E-state index in [1.807, 2.05) is 31.2 Å². The maximum Gasteiger partial charge on any atom is 0.338 e. The number of hydrogen-bond donors (Lipinski definition) is 1. The Kier molecular flexibility index (Phi) is 6.77. The van der Waals surface area contributed by atoms with Crippen LogP contribution in [0.3, 0.4) is 0 Å². The van der Waals surface area contributed by atoms with Gasteiger partial charge in [-0.25, -0.2) is 9.79 Å². The summed E-state index contributed by atoms with van der Waals surface area (Å²) in [5, 5.41) is 10.6. The van der Waals surface area contributed by atoms with Crippen LogP contribution in [0.1, 0.15) is 36.6 Å². The highest BCUT2D eigenvalue weighted by Gasteiger charge is 2.33. The van der Waals surface area contributed by atoms with Crippen molar-refractivity contribution in [2.24, 2.45) is 4.99 Å². The maximum absolute atomic E-state index is 13.6. The number of phenolic OH excluding ortho intramolecular Hbond substituents is 1. The van der Waals surface area contributed by atoms with Gasteiger partial charge >= 0.3 is 5.97 Å². The summed E-state index contributed by atoms with van der Waals surface area (Å²) in [6, 6.07) is 10.3. The van der Waals surface area contributed by atoms with Gasteiger partial charge in [0.15, 0.2) is 16.3 Å². The number of ether oxygens (including phenoxy) is 2. The molecule has 1 aliphatic heterocycles. The van der Waals surface area contributed by atoms with Crippen molar-refractivity contribution in [2.75, 3.05) is 13.7 Å². The fourth-order valence-electron chi connectivity index (χ4n) is 3.86. The number of fused-ring (bicyclic) bond motifs is 1. The third kappa shape index (κ3) is 4.33. The number of benzene rings is 2. The number of allylic oxidation sites excluding steroid dienone is 1. The molecule has 3 aromatic rings. The van der Waals surface area contributed by atoms with Crippen molar-refractivity contribution in [3.63, 3.8) is 0 Å². The van der Waals surface area contributed by atoms with Gasteiger partial charge < -0.3 is 14.6 Å². The van der Waals surface area contributed by atoms with Crippen molar-refractivity contribution in [3.8, 4) is 11.5 Å². The predicted octanol–water partition coefficient (Wildman–Crippen LogP) is 3.58. The van der Waals surface area contributed by atoms with Gasteiger partial charge in [-0.2, -0.15) is 0 Å². The number of halogens is 1. The molecular weight excluding hydrogens is 520 g/mol. The summed E-state index contributed by atoms with van der Waals surface area (Å²) in [6.45, 7) is 5.67. The summed E-state index contributed by atoms with van der Waals surface area (Å²) in [5.74, 6) is -0.292. The molecule has 176 valence electrons. The number of esters is 1. The minimum atomic E-state index is -0.677. The van der Waals surface area contributed by atoms with E-state index in [1.165, 1.54) is 23.0 Å². The van der Waals surface area contributed by atoms with E-state index in [9.17, 15) is 14.7 Å². The van der Waals surface area contributed by atoms with Gasteiger partial charge in [-0.15, -0.1) is 0 Å². The Morgan fingerprint density at radius 3 is 2.62 bits per heavy atom. The number of methoxy groups -OCH3 is 1. The Hall–Kier alpha value is -3.17. The van der Waals surface area contributed by atoms with Crippen molar-refractivity contribution >= 4 is 39.3 Å². The molecule has 1 aromatic heterocycles. The van der Waals surface area contributed by atoms with Crippen LogP contribution in [0.2, 0.25) is 0 Å². The zero-order valence-electron chi connectivity index (χ0n) is 19.1. The first-order valence-electron chi connectivity index (χ1n) is 10.6. The van der Waals surface area contributed by atoms with Gasteiger partial charge in [-0.3, -0.25) is 9.36 Å². The lowest BCUT2D eigenvalue weighted by Gasteiger charge is -2.24. The fourth-order valence-corrected chi connectivity index (χ4v) is 5.35. The second-order valence-electron chi connectivity index (χ2n) is 7.76. The molecule has 1 N–H and O–H groups in total. The third-order valence-electron chi connectivity index (χ3n) is 5.49. The van der Waals surface area contributed by atoms with Crippen LogP contribution in [0, 0.1) is 6.92 Å². The molecule has 9 heteroatoms. The van der Waals surface area contributed by atoms with Crippen LogP contribution in [0.25, 0.3) is 6.08 Å². The van der Waals surface area contributed by atoms with Crippen LogP contribution >= 0.6 is 27.3 Å². The molecule has 0 bridgehead atoms. The number of aromatic hydroxyl groups is 1. The average molecular weight is 543 g/mol. The smallest absolute Gasteiger partial charge is 0.338 e. The lowest BCUT2D eigenvalue weighted by Crippen LogP contribution is -2.39. The Morgan fingerprint density at radius 1 is 1.26 bits per heavy atom. The van der Waals surface area contributed by atoms with E-state index in [0.29, 0.717) is 30.6 Å². The summed E-state index contributed by atoms with van der Waals surface area (Å²) >= 11 is 4.59. The van der Waals surface area contributed by atoms with Gasteiger partial charge in [0, 0.05) is 10.0 Å². The van der Waals surface area contributed by atoms with Gasteiger partial charge in [0.1, 0.15) is 0 Å². The Balaban J connectivity index is 1.97. The van der Waals surface area contributed by atoms with E-state index in [4.69, 9.17) is 9.47 Å². The fraction of sp³-hybridized carbons (Fsp3) is 0.240. The second kappa shape index (κ2) is 9.60. The maximum atomic E-state index is 13.6. The van der Waals surface area contributed by atoms with Crippen molar-refractivity contribution in [1.82, 2.24) is 4.57 Å². The SMILES string of the molecule is CCOC(=O)C1=C(C)N=c2s/c(=C/c3cc(Br)cc(OC)c3O)c(=O)n2[C@H]1c1ccc(C)cc1. The lowest BCUT2D eigenvalue weighted by atomic mass is 9.95.